The van der Waals surface area contributed by atoms with Crippen molar-refractivity contribution in [1.29, 1.82) is 0 Å². The van der Waals surface area contributed by atoms with Crippen molar-refractivity contribution in [2.24, 2.45) is 0 Å². The maximum absolute atomic E-state index is 12.9. The second-order valence-electron chi connectivity index (χ2n) is 8.67. The molecule has 2 aliphatic heterocycles. The minimum Gasteiger partial charge on any atom is -0.351 e. The van der Waals surface area contributed by atoms with E-state index in [4.69, 9.17) is 0 Å². The van der Waals surface area contributed by atoms with Crippen molar-refractivity contribution in [2.45, 2.75) is 37.9 Å². The molecule has 3 N–H and O–H groups in total. The van der Waals surface area contributed by atoms with Gasteiger partial charge in [-0.1, -0.05) is 24.8 Å². The quantitative estimate of drug-likeness (QED) is 0.490. The zero-order chi connectivity index (χ0) is 26.7. The van der Waals surface area contributed by atoms with Gasteiger partial charge in [0.1, 0.15) is 11.7 Å². The summed E-state index contributed by atoms with van der Waals surface area (Å²) >= 11 is 0. The number of nitrogens with zero attached hydrogens (tertiary/aromatic N) is 1. The van der Waals surface area contributed by atoms with Crippen LogP contribution in [0, 0.1) is 0 Å². The summed E-state index contributed by atoms with van der Waals surface area (Å²) in [5, 5.41) is 7.92. The molecule has 0 aliphatic carbocycles. The van der Waals surface area contributed by atoms with Crippen LogP contribution in [0.5, 0.6) is 0 Å². The molecule has 4 rings (SSSR count). The van der Waals surface area contributed by atoms with Crippen molar-refractivity contribution < 1.29 is 32.3 Å². The van der Waals surface area contributed by atoms with Gasteiger partial charge in [-0.15, -0.1) is 0 Å². The molecule has 2 aromatic rings. The molecule has 0 saturated carbocycles. The van der Waals surface area contributed by atoms with Crippen LogP contribution in [0.2, 0.25) is 0 Å². The topological polar surface area (TPSA) is 108 Å². The Balaban J connectivity index is 1.35. The van der Waals surface area contributed by atoms with E-state index < -0.39 is 41.4 Å². The SMILES string of the molecule is C=C1CCC(N2C(=O)C=C(Nc3cccc(CCC(=O)Nc4cccc(C(F)(F)F)c4)c3)C2=O)C(=O)N1. The Labute approximate surface area is 210 Å². The van der Waals surface area contributed by atoms with E-state index in [-0.39, 0.29) is 24.2 Å². The minimum absolute atomic E-state index is 0.00960. The highest BCUT2D eigenvalue weighted by molar-refractivity contribution is 6.19. The average Bonchev–Trinajstić information content (AvgIpc) is 3.10. The van der Waals surface area contributed by atoms with E-state index in [9.17, 15) is 32.3 Å². The number of nitrogens with one attached hydrogen (secondary N) is 3. The number of piperidine rings is 1. The second kappa shape index (κ2) is 10.3. The number of hydrogen-bond acceptors (Lipinski definition) is 5. The summed E-state index contributed by atoms with van der Waals surface area (Å²) < 4.78 is 38.6. The van der Waals surface area contributed by atoms with Gasteiger partial charge in [0.15, 0.2) is 0 Å². The van der Waals surface area contributed by atoms with Crippen LogP contribution in [0.1, 0.15) is 30.4 Å². The van der Waals surface area contributed by atoms with E-state index in [0.29, 0.717) is 24.2 Å². The smallest absolute Gasteiger partial charge is 0.351 e. The lowest BCUT2D eigenvalue weighted by atomic mass is 10.0. The van der Waals surface area contributed by atoms with Crippen molar-refractivity contribution >= 4 is 35.0 Å². The Kier molecular flexibility index (Phi) is 7.14. The van der Waals surface area contributed by atoms with Crippen molar-refractivity contribution in [3.05, 3.63) is 83.7 Å². The lowest BCUT2D eigenvalue weighted by molar-refractivity contribution is -0.146. The number of rotatable bonds is 7. The van der Waals surface area contributed by atoms with Crippen LogP contribution in [0.3, 0.4) is 0 Å². The fourth-order valence-electron chi connectivity index (χ4n) is 4.09. The number of anilines is 2. The minimum atomic E-state index is -4.51. The number of amides is 4. The van der Waals surface area contributed by atoms with E-state index in [1.165, 1.54) is 12.1 Å². The van der Waals surface area contributed by atoms with Gasteiger partial charge in [0.05, 0.1) is 5.56 Å². The van der Waals surface area contributed by atoms with Crippen LogP contribution in [0.4, 0.5) is 24.5 Å². The molecule has 192 valence electrons. The van der Waals surface area contributed by atoms with Crippen molar-refractivity contribution in [3.63, 3.8) is 0 Å². The molecule has 11 heteroatoms. The molecule has 0 aromatic heterocycles. The predicted molar refractivity (Wildman–Crippen MR) is 129 cm³/mol. The maximum Gasteiger partial charge on any atom is 0.416 e. The zero-order valence-electron chi connectivity index (χ0n) is 19.5. The van der Waals surface area contributed by atoms with E-state index in [2.05, 4.69) is 22.5 Å². The zero-order valence-corrected chi connectivity index (χ0v) is 19.5. The summed E-state index contributed by atoms with van der Waals surface area (Å²) in [6, 6.07) is 10.3. The number of alkyl halides is 3. The highest BCUT2D eigenvalue weighted by atomic mass is 19.4. The molecular weight excluding hydrogens is 489 g/mol. The Hall–Kier alpha value is -4.41. The van der Waals surface area contributed by atoms with Gasteiger partial charge in [-0.3, -0.25) is 24.1 Å². The second-order valence-corrected chi connectivity index (χ2v) is 8.67. The molecule has 2 aliphatic rings. The molecule has 2 aromatic carbocycles. The standard InChI is InChI=1S/C26H23F3N4O4/c1-15-8-10-21(24(36)30-15)33-23(35)14-20(25(33)37)31-18-6-2-4-16(12-18)9-11-22(34)32-19-7-3-5-17(13-19)26(27,28)29/h2-7,12-14,21,31H,1,8-11H2,(H,30,36)(H,32,34). The Morgan fingerprint density at radius 3 is 2.54 bits per heavy atom. The van der Waals surface area contributed by atoms with Gasteiger partial charge in [0.25, 0.3) is 11.8 Å². The number of benzene rings is 2. The van der Waals surface area contributed by atoms with Crippen LogP contribution in [0.25, 0.3) is 0 Å². The number of hydrogen-bond donors (Lipinski definition) is 3. The molecule has 2 heterocycles. The van der Waals surface area contributed by atoms with Crippen LogP contribution >= 0.6 is 0 Å². The molecule has 1 fully saturated rings. The van der Waals surface area contributed by atoms with Gasteiger partial charge >= 0.3 is 6.18 Å². The molecule has 37 heavy (non-hydrogen) atoms. The normalized spacial score (nSPS) is 18.0. The van der Waals surface area contributed by atoms with Crippen LogP contribution in [-0.2, 0) is 31.8 Å². The van der Waals surface area contributed by atoms with Crippen LogP contribution in [-0.4, -0.2) is 34.6 Å². The van der Waals surface area contributed by atoms with Gasteiger partial charge in [-0.05, 0) is 55.2 Å². The molecule has 0 bridgehead atoms. The first-order chi connectivity index (χ1) is 17.5. The number of carbonyl (C=O) groups excluding carboxylic acids is 4. The molecule has 1 atom stereocenters. The highest BCUT2D eigenvalue weighted by Gasteiger charge is 2.41. The molecule has 4 amide bonds. The van der Waals surface area contributed by atoms with Crippen molar-refractivity contribution in [1.82, 2.24) is 10.2 Å². The van der Waals surface area contributed by atoms with E-state index in [1.54, 1.807) is 24.3 Å². The maximum atomic E-state index is 12.9. The number of imide groups is 1. The summed E-state index contributed by atoms with van der Waals surface area (Å²) in [6.45, 7) is 3.69. The number of aryl methyl sites for hydroxylation is 1. The summed E-state index contributed by atoms with van der Waals surface area (Å²) in [7, 11) is 0. The monoisotopic (exact) mass is 512 g/mol. The average molecular weight is 512 g/mol. The fourth-order valence-corrected chi connectivity index (χ4v) is 4.09. The van der Waals surface area contributed by atoms with E-state index in [1.807, 2.05) is 0 Å². The molecular formula is C26H23F3N4O4. The lowest BCUT2D eigenvalue weighted by Gasteiger charge is -2.29. The molecule has 1 unspecified atom stereocenters. The predicted octanol–water partition coefficient (Wildman–Crippen LogP) is 3.73. The van der Waals surface area contributed by atoms with Gasteiger partial charge < -0.3 is 16.0 Å². The third kappa shape index (κ3) is 6.05. The van der Waals surface area contributed by atoms with Gasteiger partial charge in [0.2, 0.25) is 11.8 Å². The third-order valence-corrected chi connectivity index (χ3v) is 5.91. The highest BCUT2D eigenvalue weighted by Crippen LogP contribution is 2.31. The lowest BCUT2D eigenvalue weighted by Crippen LogP contribution is -2.52. The van der Waals surface area contributed by atoms with Crippen molar-refractivity contribution in [3.8, 4) is 0 Å². The molecule has 0 spiro atoms. The van der Waals surface area contributed by atoms with E-state index in [0.717, 1.165) is 28.7 Å². The summed E-state index contributed by atoms with van der Waals surface area (Å²) in [5.74, 6) is -2.13. The van der Waals surface area contributed by atoms with Gasteiger partial charge in [-0.25, -0.2) is 0 Å². The molecule has 8 nitrogen and oxygen atoms in total. The van der Waals surface area contributed by atoms with E-state index >= 15 is 0 Å². The number of carbonyl (C=O) groups is 4. The summed E-state index contributed by atoms with van der Waals surface area (Å²) in [6.07, 6.45) is -2.33. The largest absolute Gasteiger partial charge is 0.416 e. The van der Waals surface area contributed by atoms with Crippen molar-refractivity contribution in [2.75, 3.05) is 10.6 Å². The summed E-state index contributed by atoms with van der Waals surface area (Å²) in [4.78, 5) is 50.8. The third-order valence-electron chi connectivity index (χ3n) is 5.91. The Morgan fingerprint density at radius 1 is 1.08 bits per heavy atom. The Morgan fingerprint density at radius 2 is 1.81 bits per heavy atom. The Bertz CT molecular complexity index is 1320. The van der Waals surface area contributed by atoms with Gasteiger partial charge in [0, 0.05) is 29.6 Å². The molecule has 1 saturated heterocycles. The molecule has 0 radical (unpaired) electrons. The fraction of sp³-hybridized carbons (Fsp3) is 0.231. The first-order valence-electron chi connectivity index (χ1n) is 11.4. The number of halogens is 3. The first-order valence-corrected chi connectivity index (χ1v) is 11.4. The van der Waals surface area contributed by atoms with Gasteiger partial charge in [-0.2, -0.15) is 13.2 Å². The van der Waals surface area contributed by atoms with Crippen LogP contribution in [0.15, 0.2) is 72.6 Å². The first kappa shape index (κ1) is 25.7. The summed E-state index contributed by atoms with van der Waals surface area (Å²) in [5.41, 5.74) is 0.960. The number of allylic oxidation sites excluding steroid dienone is 1. The van der Waals surface area contributed by atoms with Crippen LogP contribution < -0.4 is 16.0 Å².